The largest absolute Gasteiger partial charge is 0.497 e. The van der Waals surface area contributed by atoms with Gasteiger partial charge in [-0.05, 0) is 36.2 Å². The van der Waals surface area contributed by atoms with Gasteiger partial charge in [0, 0.05) is 43.9 Å². The maximum absolute atomic E-state index is 12.7. The molecule has 7 heteroatoms. The second-order valence-electron chi connectivity index (χ2n) is 7.06. The van der Waals surface area contributed by atoms with Gasteiger partial charge in [-0.3, -0.25) is 14.4 Å². The molecule has 3 amide bonds. The number of hydrogen-bond donors (Lipinski definition) is 1. The number of likely N-dealkylation sites (tertiary alicyclic amines) is 1. The summed E-state index contributed by atoms with van der Waals surface area (Å²) in [5.41, 5.74) is 2.00. The number of nitrogens with one attached hydrogen (secondary N) is 1. The van der Waals surface area contributed by atoms with Gasteiger partial charge in [-0.15, -0.1) is 0 Å². The van der Waals surface area contributed by atoms with Crippen molar-refractivity contribution in [2.45, 2.75) is 19.4 Å². The lowest BCUT2D eigenvalue weighted by Crippen LogP contribution is -2.35. The van der Waals surface area contributed by atoms with Gasteiger partial charge < -0.3 is 19.9 Å². The van der Waals surface area contributed by atoms with Crippen LogP contribution in [-0.2, 0) is 16.1 Å². The topological polar surface area (TPSA) is 79.0 Å². The molecule has 1 aliphatic rings. The lowest BCUT2D eigenvalue weighted by Gasteiger charge is -2.19. The van der Waals surface area contributed by atoms with Crippen LogP contribution in [0.1, 0.15) is 28.8 Å². The first-order valence-electron chi connectivity index (χ1n) is 9.52. The van der Waals surface area contributed by atoms with Crippen molar-refractivity contribution in [1.82, 2.24) is 9.80 Å². The zero-order valence-corrected chi connectivity index (χ0v) is 16.7. The highest BCUT2D eigenvalue weighted by Crippen LogP contribution is 2.17. The molecule has 1 N–H and O–H groups in total. The number of ether oxygens (including phenoxy) is 1. The number of amides is 3. The summed E-state index contributed by atoms with van der Waals surface area (Å²) in [5, 5.41) is 2.76. The summed E-state index contributed by atoms with van der Waals surface area (Å²) in [6, 6.07) is 14.2. The van der Waals surface area contributed by atoms with Crippen LogP contribution >= 0.6 is 0 Å². The maximum atomic E-state index is 12.7. The molecular weight excluding hydrogens is 370 g/mol. The normalized spacial score (nSPS) is 13.3. The Bertz CT molecular complexity index is 912. The van der Waals surface area contributed by atoms with E-state index in [1.807, 2.05) is 6.07 Å². The minimum atomic E-state index is -0.298. The standard InChI is InChI=1S/C22H25N3O4/c1-24(15-20(26)23-18-8-4-9-19(13-18)29-2)22(28)17-7-3-6-16(12-17)14-25-11-5-10-21(25)27/h3-4,6-9,12-13H,5,10-11,14-15H2,1-2H3,(H,23,26). The van der Waals surface area contributed by atoms with Gasteiger partial charge in [-0.25, -0.2) is 0 Å². The van der Waals surface area contributed by atoms with Gasteiger partial charge in [-0.1, -0.05) is 18.2 Å². The summed E-state index contributed by atoms with van der Waals surface area (Å²) in [5.74, 6) is 0.238. The van der Waals surface area contributed by atoms with Gasteiger partial charge in [0.2, 0.25) is 11.8 Å². The van der Waals surface area contributed by atoms with Crippen LogP contribution in [0, 0.1) is 0 Å². The van der Waals surface area contributed by atoms with E-state index in [0.29, 0.717) is 30.0 Å². The SMILES string of the molecule is COc1cccc(NC(=O)CN(C)C(=O)c2cccc(CN3CCCC3=O)c2)c1. The van der Waals surface area contributed by atoms with Crippen molar-refractivity contribution in [1.29, 1.82) is 0 Å². The highest BCUT2D eigenvalue weighted by Gasteiger charge is 2.21. The van der Waals surface area contributed by atoms with Crippen LogP contribution in [-0.4, -0.2) is 54.8 Å². The van der Waals surface area contributed by atoms with Crippen molar-refractivity contribution in [3.05, 3.63) is 59.7 Å². The maximum Gasteiger partial charge on any atom is 0.254 e. The van der Waals surface area contributed by atoms with Crippen molar-refractivity contribution in [3.8, 4) is 5.75 Å². The Morgan fingerprint density at radius 2 is 1.97 bits per heavy atom. The Kier molecular flexibility index (Phi) is 6.49. The predicted octanol–water partition coefficient (Wildman–Crippen LogP) is 2.53. The molecule has 152 valence electrons. The number of benzene rings is 2. The molecule has 1 saturated heterocycles. The molecule has 0 saturated carbocycles. The highest BCUT2D eigenvalue weighted by molar-refractivity contribution is 5.99. The van der Waals surface area contributed by atoms with E-state index in [0.717, 1.165) is 18.5 Å². The molecule has 0 unspecified atom stereocenters. The summed E-state index contributed by atoms with van der Waals surface area (Å²) >= 11 is 0. The molecule has 0 atom stereocenters. The Balaban J connectivity index is 1.59. The zero-order chi connectivity index (χ0) is 20.8. The Labute approximate surface area is 170 Å². The average molecular weight is 395 g/mol. The number of hydrogen-bond acceptors (Lipinski definition) is 4. The van der Waals surface area contributed by atoms with Gasteiger partial charge in [-0.2, -0.15) is 0 Å². The van der Waals surface area contributed by atoms with Crippen molar-refractivity contribution in [2.24, 2.45) is 0 Å². The fourth-order valence-corrected chi connectivity index (χ4v) is 3.30. The second-order valence-corrected chi connectivity index (χ2v) is 7.06. The molecule has 1 heterocycles. The summed E-state index contributed by atoms with van der Waals surface area (Å²) in [4.78, 5) is 40.0. The van der Waals surface area contributed by atoms with Gasteiger partial charge in [0.15, 0.2) is 0 Å². The quantitative estimate of drug-likeness (QED) is 0.781. The van der Waals surface area contributed by atoms with Crippen LogP contribution in [0.3, 0.4) is 0 Å². The molecule has 0 aliphatic carbocycles. The third-order valence-corrected chi connectivity index (χ3v) is 4.80. The van der Waals surface area contributed by atoms with E-state index in [-0.39, 0.29) is 24.3 Å². The van der Waals surface area contributed by atoms with Crippen LogP contribution in [0.25, 0.3) is 0 Å². The molecule has 2 aromatic rings. The van der Waals surface area contributed by atoms with Gasteiger partial charge in [0.1, 0.15) is 5.75 Å². The summed E-state index contributed by atoms with van der Waals surface area (Å²) in [7, 11) is 3.14. The highest BCUT2D eigenvalue weighted by atomic mass is 16.5. The van der Waals surface area contributed by atoms with E-state index < -0.39 is 0 Å². The fourth-order valence-electron chi connectivity index (χ4n) is 3.30. The lowest BCUT2D eigenvalue weighted by molar-refractivity contribution is -0.128. The van der Waals surface area contributed by atoms with Crippen molar-refractivity contribution in [2.75, 3.05) is 32.6 Å². The van der Waals surface area contributed by atoms with Crippen LogP contribution in [0.2, 0.25) is 0 Å². The number of carbonyl (C=O) groups is 3. The molecule has 1 aliphatic heterocycles. The van der Waals surface area contributed by atoms with E-state index in [1.165, 1.54) is 4.90 Å². The molecule has 29 heavy (non-hydrogen) atoms. The Hall–Kier alpha value is -3.35. The first kappa shape index (κ1) is 20.4. The minimum Gasteiger partial charge on any atom is -0.497 e. The van der Waals surface area contributed by atoms with E-state index in [9.17, 15) is 14.4 Å². The number of rotatable bonds is 7. The molecule has 2 aromatic carbocycles. The zero-order valence-electron chi connectivity index (χ0n) is 16.7. The van der Waals surface area contributed by atoms with Crippen molar-refractivity contribution < 1.29 is 19.1 Å². The molecule has 0 spiro atoms. The third kappa shape index (κ3) is 5.34. The van der Waals surface area contributed by atoms with Crippen LogP contribution in [0.5, 0.6) is 5.75 Å². The fraction of sp³-hybridized carbons (Fsp3) is 0.318. The average Bonchev–Trinajstić information content (AvgIpc) is 3.12. The van der Waals surface area contributed by atoms with E-state index >= 15 is 0 Å². The Morgan fingerprint density at radius 1 is 1.17 bits per heavy atom. The Morgan fingerprint density at radius 3 is 2.69 bits per heavy atom. The number of carbonyl (C=O) groups excluding carboxylic acids is 3. The van der Waals surface area contributed by atoms with Crippen LogP contribution < -0.4 is 10.1 Å². The molecule has 7 nitrogen and oxygen atoms in total. The van der Waals surface area contributed by atoms with E-state index in [4.69, 9.17) is 4.74 Å². The monoisotopic (exact) mass is 395 g/mol. The molecule has 0 bridgehead atoms. The van der Waals surface area contributed by atoms with Gasteiger partial charge >= 0.3 is 0 Å². The number of anilines is 1. The number of nitrogens with zero attached hydrogens (tertiary/aromatic N) is 2. The molecule has 0 radical (unpaired) electrons. The first-order valence-corrected chi connectivity index (χ1v) is 9.52. The summed E-state index contributed by atoms with van der Waals surface area (Å²) in [6.45, 7) is 1.17. The van der Waals surface area contributed by atoms with Crippen LogP contribution in [0.4, 0.5) is 5.69 Å². The number of likely N-dealkylation sites (N-methyl/N-ethyl adjacent to an activating group) is 1. The van der Waals surface area contributed by atoms with Gasteiger partial charge in [0.25, 0.3) is 5.91 Å². The van der Waals surface area contributed by atoms with E-state index in [1.54, 1.807) is 61.5 Å². The molecular formula is C22H25N3O4. The molecule has 1 fully saturated rings. The molecule has 0 aromatic heterocycles. The third-order valence-electron chi connectivity index (χ3n) is 4.80. The number of methoxy groups -OCH3 is 1. The van der Waals surface area contributed by atoms with Crippen molar-refractivity contribution in [3.63, 3.8) is 0 Å². The molecule has 3 rings (SSSR count). The smallest absolute Gasteiger partial charge is 0.254 e. The van der Waals surface area contributed by atoms with Gasteiger partial charge in [0.05, 0.1) is 13.7 Å². The minimum absolute atomic E-state index is 0.0785. The van der Waals surface area contributed by atoms with Crippen LogP contribution in [0.15, 0.2) is 48.5 Å². The summed E-state index contributed by atoms with van der Waals surface area (Å²) in [6.07, 6.45) is 1.46. The second kappa shape index (κ2) is 9.23. The van der Waals surface area contributed by atoms with E-state index in [2.05, 4.69) is 5.32 Å². The van der Waals surface area contributed by atoms with Crippen molar-refractivity contribution >= 4 is 23.4 Å². The summed E-state index contributed by atoms with van der Waals surface area (Å²) < 4.78 is 5.14. The lowest BCUT2D eigenvalue weighted by atomic mass is 10.1. The first-order chi connectivity index (χ1) is 14.0. The predicted molar refractivity (Wildman–Crippen MR) is 110 cm³/mol.